The lowest BCUT2D eigenvalue weighted by atomic mass is 10.1. The molecule has 11 heteroatoms. The lowest BCUT2D eigenvalue weighted by Crippen LogP contribution is -2.17. The highest BCUT2D eigenvalue weighted by molar-refractivity contribution is 7.13. The van der Waals surface area contributed by atoms with Crippen molar-refractivity contribution < 1.29 is 27.2 Å². The second-order valence-corrected chi connectivity index (χ2v) is 7.49. The Kier molecular flexibility index (Phi) is 5.83. The Balaban J connectivity index is 1.84. The number of hydrogen-bond donors (Lipinski definition) is 2. The van der Waals surface area contributed by atoms with Crippen molar-refractivity contribution in [2.75, 3.05) is 10.6 Å². The van der Waals surface area contributed by atoms with Crippen molar-refractivity contribution in [1.82, 2.24) is 9.97 Å². The van der Waals surface area contributed by atoms with Crippen LogP contribution in [0.2, 0.25) is 0 Å². The minimum absolute atomic E-state index is 0.180. The Morgan fingerprint density at radius 1 is 1.00 bits per heavy atom. The largest absolute Gasteiger partial charge is 0.417 e. The van der Waals surface area contributed by atoms with Gasteiger partial charge < -0.3 is 10.6 Å². The molecule has 2 amide bonds. The van der Waals surface area contributed by atoms with Crippen LogP contribution in [0.1, 0.15) is 36.2 Å². The van der Waals surface area contributed by atoms with Gasteiger partial charge in [0.2, 0.25) is 0 Å². The number of carbonyl (C=O) groups excluding carboxylic acids is 2. The predicted molar refractivity (Wildman–Crippen MR) is 103 cm³/mol. The molecule has 3 aromatic rings. The van der Waals surface area contributed by atoms with Gasteiger partial charge in [0.1, 0.15) is 10.7 Å². The fourth-order valence-electron chi connectivity index (χ4n) is 2.49. The van der Waals surface area contributed by atoms with Crippen LogP contribution in [0.5, 0.6) is 0 Å². The Labute approximate surface area is 172 Å². The van der Waals surface area contributed by atoms with Crippen LogP contribution in [0, 0.1) is 19.7 Å². The zero-order valence-electron chi connectivity index (χ0n) is 15.6. The van der Waals surface area contributed by atoms with E-state index in [1.165, 1.54) is 13.1 Å². The van der Waals surface area contributed by atoms with E-state index in [0.29, 0.717) is 27.7 Å². The predicted octanol–water partition coefficient (Wildman–Crippen LogP) is 4.82. The topological polar surface area (TPSA) is 84.0 Å². The quantitative estimate of drug-likeness (QED) is 0.573. The van der Waals surface area contributed by atoms with Crippen molar-refractivity contribution in [1.29, 1.82) is 0 Å². The number of alkyl halides is 3. The molecule has 0 spiro atoms. The number of rotatable bonds is 4. The van der Waals surface area contributed by atoms with Gasteiger partial charge in [0, 0.05) is 11.9 Å². The Hall–Kier alpha value is -3.34. The summed E-state index contributed by atoms with van der Waals surface area (Å²) in [5.41, 5.74) is -1.22. The third-order valence-electron chi connectivity index (χ3n) is 3.98. The summed E-state index contributed by atoms with van der Waals surface area (Å²) in [7, 11) is 0. The number of carbonyl (C=O) groups is 2. The summed E-state index contributed by atoms with van der Waals surface area (Å²) >= 11 is 1.16. The van der Waals surface area contributed by atoms with Crippen LogP contribution >= 0.6 is 11.3 Å². The van der Waals surface area contributed by atoms with E-state index < -0.39 is 34.9 Å². The van der Waals surface area contributed by atoms with E-state index in [1.807, 2.05) is 0 Å². The lowest BCUT2D eigenvalue weighted by Gasteiger charge is -2.12. The van der Waals surface area contributed by atoms with Crippen LogP contribution in [0.4, 0.5) is 28.9 Å². The number of nitrogens with one attached hydrogen (secondary N) is 2. The first-order valence-corrected chi connectivity index (χ1v) is 9.24. The molecule has 0 bridgehead atoms. The van der Waals surface area contributed by atoms with Gasteiger partial charge in [0.25, 0.3) is 11.8 Å². The van der Waals surface area contributed by atoms with Crippen molar-refractivity contribution in [3.63, 3.8) is 0 Å². The number of thiazole rings is 1. The second kappa shape index (κ2) is 8.19. The average Bonchev–Trinajstić information content (AvgIpc) is 3.10. The normalized spacial score (nSPS) is 11.3. The van der Waals surface area contributed by atoms with Gasteiger partial charge in [-0.3, -0.25) is 14.6 Å². The summed E-state index contributed by atoms with van der Waals surface area (Å²) in [5.74, 6) is -2.36. The first-order valence-electron chi connectivity index (χ1n) is 8.42. The number of pyridine rings is 1. The second-order valence-electron chi connectivity index (χ2n) is 6.26. The molecular weight excluding hydrogens is 424 g/mol. The number of benzene rings is 1. The molecule has 0 aliphatic heterocycles. The Morgan fingerprint density at radius 2 is 1.73 bits per heavy atom. The minimum atomic E-state index is -4.64. The highest BCUT2D eigenvalue weighted by Crippen LogP contribution is 2.30. The number of anilines is 2. The minimum Gasteiger partial charge on any atom is -0.321 e. The average molecular weight is 438 g/mol. The van der Waals surface area contributed by atoms with Crippen LogP contribution < -0.4 is 10.6 Å². The number of halogens is 4. The number of aromatic nitrogens is 2. The van der Waals surface area contributed by atoms with Crippen molar-refractivity contribution >= 4 is 34.5 Å². The molecule has 1 aromatic carbocycles. The molecule has 0 unspecified atom stereocenters. The lowest BCUT2D eigenvalue weighted by molar-refractivity contribution is -0.137. The molecule has 0 aliphatic rings. The maximum atomic E-state index is 14.3. The van der Waals surface area contributed by atoms with E-state index in [-0.39, 0.29) is 11.4 Å². The molecule has 2 aromatic heterocycles. The molecule has 2 N–H and O–H groups in total. The van der Waals surface area contributed by atoms with E-state index in [1.54, 1.807) is 6.92 Å². The van der Waals surface area contributed by atoms with Crippen molar-refractivity contribution in [2.45, 2.75) is 20.0 Å². The van der Waals surface area contributed by atoms with Gasteiger partial charge in [0.15, 0.2) is 0 Å². The third kappa shape index (κ3) is 4.79. The van der Waals surface area contributed by atoms with Gasteiger partial charge in [0.05, 0.1) is 34.2 Å². The number of hydrogen-bond acceptors (Lipinski definition) is 5. The van der Waals surface area contributed by atoms with E-state index >= 15 is 0 Å². The summed E-state index contributed by atoms with van der Waals surface area (Å²) < 4.78 is 52.7. The van der Waals surface area contributed by atoms with Crippen LogP contribution in [0.3, 0.4) is 0 Å². The molecule has 0 saturated carbocycles. The molecular formula is C19H14F4N4O2S. The van der Waals surface area contributed by atoms with Crippen LogP contribution in [0.15, 0.2) is 36.8 Å². The van der Waals surface area contributed by atoms with Gasteiger partial charge in [-0.25, -0.2) is 9.37 Å². The zero-order valence-corrected chi connectivity index (χ0v) is 16.4. The van der Waals surface area contributed by atoms with Crippen molar-refractivity contribution in [2.24, 2.45) is 0 Å². The zero-order chi connectivity index (χ0) is 22.1. The SMILES string of the molecule is Cc1ncc(C(=O)Nc2cc(C(=O)Nc3cncc(C(F)(F)F)c3)c(F)cc2C)s1. The van der Waals surface area contributed by atoms with E-state index in [0.717, 1.165) is 29.7 Å². The third-order valence-corrected chi connectivity index (χ3v) is 4.89. The molecule has 3 rings (SSSR count). The molecule has 0 atom stereocenters. The molecule has 2 heterocycles. The van der Waals surface area contributed by atoms with Gasteiger partial charge in [-0.05, 0) is 37.6 Å². The first kappa shape index (κ1) is 21.4. The van der Waals surface area contributed by atoms with Crippen LogP contribution in [-0.2, 0) is 6.18 Å². The molecule has 156 valence electrons. The van der Waals surface area contributed by atoms with Gasteiger partial charge in [-0.2, -0.15) is 13.2 Å². The van der Waals surface area contributed by atoms with Crippen molar-refractivity contribution in [3.05, 3.63) is 69.2 Å². The maximum Gasteiger partial charge on any atom is 0.417 e. The van der Waals surface area contributed by atoms with Gasteiger partial charge in [-0.15, -0.1) is 11.3 Å². The molecule has 0 aliphatic carbocycles. The van der Waals surface area contributed by atoms with Crippen LogP contribution in [-0.4, -0.2) is 21.8 Å². The maximum absolute atomic E-state index is 14.3. The van der Waals surface area contributed by atoms with Crippen LogP contribution in [0.25, 0.3) is 0 Å². The fraction of sp³-hybridized carbons (Fsp3) is 0.158. The standard InChI is InChI=1S/C19H14F4N4O2S/c1-9-3-14(20)13(5-15(9)27-18(29)16-8-25-10(2)30-16)17(28)26-12-4-11(6-24-7-12)19(21,22)23/h3-8H,1-2H3,(H,26,28)(H,27,29). The molecule has 30 heavy (non-hydrogen) atoms. The van der Waals surface area contributed by atoms with Gasteiger partial charge in [-0.1, -0.05) is 0 Å². The van der Waals surface area contributed by atoms with Crippen molar-refractivity contribution in [3.8, 4) is 0 Å². The molecule has 0 saturated heterocycles. The summed E-state index contributed by atoms with van der Waals surface area (Å²) in [4.78, 5) is 32.5. The first-order chi connectivity index (χ1) is 14.0. The summed E-state index contributed by atoms with van der Waals surface area (Å²) in [6.45, 7) is 3.27. The summed E-state index contributed by atoms with van der Waals surface area (Å²) in [6.07, 6.45) is -1.64. The van der Waals surface area contributed by atoms with E-state index in [9.17, 15) is 27.2 Å². The monoisotopic (exact) mass is 438 g/mol. The van der Waals surface area contributed by atoms with E-state index in [2.05, 4.69) is 20.6 Å². The highest BCUT2D eigenvalue weighted by Gasteiger charge is 2.31. The summed E-state index contributed by atoms with van der Waals surface area (Å²) in [6, 6.07) is 2.85. The Bertz CT molecular complexity index is 1130. The highest BCUT2D eigenvalue weighted by atomic mass is 32.1. The Morgan fingerprint density at radius 3 is 2.37 bits per heavy atom. The molecule has 0 radical (unpaired) electrons. The summed E-state index contributed by atoms with van der Waals surface area (Å²) in [5, 5.41) is 5.45. The van der Waals surface area contributed by atoms with Gasteiger partial charge >= 0.3 is 6.18 Å². The van der Waals surface area contributed by atoms with E-state index in [4.69, 9.17) is 0 Å². The molecule has 6 nitrogen and oxygen atoms in total. The number of nitrogens with zero attached hydrogens (tertiary/aromatic N) is 2. The number of amides is 2. The fourth-order valence-corrected chi connectivity index (χ4v) is 3.17. The number of aryl methyl sites for hydroxylation is 2. The smallest absolute Gasteiger partial charge is 0.321 e. The molecule has 0 fully saturated rings.